The normalized spacial score (nSPS) is 17.9. The number of alkyl halides is 3. The average molecular weight is 205 g/mol. The first kappa shape index (κ1) is 11.9. The molecule has 7 heteroatoms. The Morgan fingerprint density at radius 1 is 1.50 bits per heavy atom. The molecule has 1 unspecified atom stereocenters. The molecule has 74 valence electrons. The lowest BCUT2D eigenvalue weighted by Gasteiger charge is -2.22. The average Bonchev–Trinajstić information content (AvgIpc) is 1.83. The van der Waals surface area contributed by atoms with Gasteiger partial charge < -0.3 is 9.77 Å². The van der Waals surface area contributed by atoms with Crippen LogP contribution in [-0.4, -0.2) is 35.6 Å². The molecule has 0 bridgehead atoms. The van der Waals surface area contributed by atoms with Gasteiger partial charge in [0.2, 0.25) is 0 Å². The molecule has 3 nitrogen and oxygen atoms in total. The molecule has 0 rings (SSSR count). The summed E-state index contributed by atoms with van der Waals surface area (Å²) in [6.07, 6.45) is -6.13. The van der Waals surface area contributed by atoms with Gasteiger partial charge in [-0.25, -0.2) is 0 Å². The second kappa shape index (κ2) is 3.77. The van der Waals surface area contributed by atoms with Crippen LogP contribution in [0.3, 0.4) is 0 Å². The lowest BCUT2D eigenvalue weighted by molar-refractivity contribution is -0.109. The van der Waals surface area contributed by atoms with Gasteiger partial charge in [0.15, 0.2) is 7.29 Å². The van der Waals surface area contributed by atoms with Crippen LogP contribution in [0.25, 0.3) is 0 Å². The number of hydrogen-bond acceptors (Lipinski definition) is 2. The molecule has 0 aliphatic heterocycles. The molecule has 1 atom stereocenters. The van der Waals surface area contributed by atoms with Crippen molar-refractivity contribution in [1.82, 2.24) is 4.83 Å². The molecule has 0 saturated carbocycles. The van der Waals surface area contributed by atoms with Crippen LogP contribution < -0.4 is 0 Å². The van der Waals surface area contributed by atoms with Gasteiger partial charge in [0.05, 0.1) is 0 Å². The van der Waals surface area contributed by atoms with E-state index in [4.69, 9.17) is 5.21 Å². The predicted octanol–water partition coefficient (Wildman–Crippen LogP) is 2.17. The zero-order valence-corrected chi connectivity index (χ0v) is 7.69. The van der Waals surface area contributed by atoms with Gasteiger partial charge in [-0.1, -0.05) is 6.92 Å². The summed E-state index contributed by atoms with van der Waals surface area (Å²) in [7, 11) is -2.66. The van der Waals surface area contributed by atoms with E-state index < -0.39 is 19.6 Å². The molecule has 0 fully saturated rings. The maximum Gasteiger partial charge on any atom is 0.397 e. The topological polar surface area (TPSA) is 40.5 Å². The molecule has 1 N–H and O–H groups in total. The van der Waals surface area contributed by atoms with Crippen LogP contribution in [0, 0.1) is 0 Å². The van der Waals surface area contributed by atoms with Crippen LogP contribution in [0.1, 0.15) is 6.92 Å². The second-order valence-electron chi connectivity index (χ2n) is 2.43. The molecule has 0 heterocycles. The van der Waals surface area contributed by atoms with Crippen molar-refractivity contribution < 1.29 is 22.9 Å². The maximum atomic E-state index is 11.8. The Balaban J connectivity index is 4.47. The minimum absolute atomic E-state index is 0.181. The Hall–Kier alpha value is -0.0600. The van der Waals surface area contributed by atoms with Crippen LogP contribution in [0.2, 0.25) is 0 Å². The van der Waals surface area contributed by atoms with E-state index in [0.29, 0.717) is 0 Å². The van der Waals surface area contributed by atoms with E-state index in [9.17, 15) is 17.7 Å². The minimum atomic E-state index is -4.50. The quantitative estimate of drug-likeness (QED) is 0.567. The van der Waals surface area contributed by atoms with Gasteiger partial charge in [0, 0.05) is 13.2 Å². The van der Waals surface area contributed by atoms with Gasteiger partial charge >= 0.3 is 6.18 Å². The number of nitrogens with zero attached hydrogens (tertiary/aromatic N) is 1. The lowest BCUT2D eigenvalue weighted by Crippen LogP contribution is -2.23. The Morgan fingerprint density at radius 2 is 1.92 bits per heavy atom. The fourth-order valence-corrected chi connectivity index (χ4v) is 2.10. The molecule has 0 aliphatic rings. The Morgan fingerprint density at radius 3 is 2.00 bits per heavy atom. The summed E-state index contributed by atoms with van der Waals surface area (Å²) >= 11 is 0. The minimum Gasteiger partial charge on any atom is -0.308 e. The van der Waals surface area contributed by atoms with Crippen molar-refractivity contribution in [3.63, 3.8) is 0 Å². The van der Waals surface area contributed by atoms with Crippen molar-refractivity contribution in [3.8, 4) is 0 Å². The first-order chi connectivity index (χ1) is 5.21. The van der Waals surface area contributed by atoms with Crippen molar-refractivity contribution >= 4 is 7.29 Å². The molecular formula is C5H11F3NO2P. The van der Waals surface area contributed by atoms with Crippen LogP contribution in [0.15, 0.2) is 0 Å². The lowest BCUT2D eigenvalue weighted by atomic mass is 10.8. The Bertz CT molecular complexity index is 192. The zero-order valence-electron chi connectivity index (χ0n) is 6.80. The third-order valence-corrected chi connectivity index (χ3v) is 4.34. The van der Waals surface area contributed by atoms with Gasteiger partial charge in [-0.15, -0.1) is 4.83 Å². The first-order valence-electron chi connectivity index (χ1n) is 3.29. The highest BCUT2D eigenvalue weighted by Crippen LogP contribution is 2.50. The van der Waals surface area contributed by atoms with Gasteiger partial charge in [-0.3, -0.25) is 0 Å². The van der Waals surface area contributed by atoms with E-state index in [-0.39, 0.29) is 11.0 Å². The van der Waals surface area contributed by atoms with E-state index in [1.54, 1.807) is 0 Å². The summed E-state index contributed by atoms with van der Waals surface area (Å²) in [5, 5.41) is 8.70. The highest BCUT2D eigenvalue weighted by Gasteiger charge is 2.40. The van der Waals surface area contributed by atoms with Crippen LogP contribution in [0.4, 0.5) is 13.2 Å². The summed E-state index contributed by atoms with van der Waals surface area (Å²) < 4.78 is 46.6. The summed E-state index contributed by atoms with van der Waals surface area (Å²) in [5.41, 5.74) is 0. The van der Waals surface area contributed by atoms with E-state index >= 15 is 0 Å². The fraction of sp³-hybridized carbons (Fsp3) is 1.00. The molecule has 0 aromatic heterocycles. The van der Waals surface area contributed by atoms with Crippen LogP contribution in [-0.2, 0) is 4.57 Å². The SMILES string of the molecule is CCP(=O)(CC(F)(F)F)N(C)O. The van der Waals surface area contributed by atoms with Crippen molar-refractivity contribution in [2.45, 2.75) is 13.1 Å². The number of hydroxylamine groups is 1. The van der Waals surface area contributed by atoms with Gasteiger partial charge in [-0.05, 0) is 0 Å². The largest absolute Gasteiger partial charge is 0.397 e. The summed E-state index contributed by atoms with van der Waals surface area (Å²) in [6.45, 7) is 1.35. The van der Waals surface area contributed by atoms with E-state index in [1.165, 1.54) is 6.92 Å². The first-order valence-corrected chi connectivity index (χ1v) is 5.32. The highest BCUT2D eigenvalue weighted by atomic mass is 31.2. The summed E-state index contributed by atoms with van der Waals surface area (Å²) in [5.74, 6) is 0. The van der Waals surface area contributed by atoms with Crippen molar-refractivity contribution in [2.75, 3.05) is 19.4 Å². The Labute approximate surface area is 68.5 Å². The highest BCUT2D eigenvalue weighted by molar-refractivity contribution is 7.61. The number of halogens is 3. The molecular weight excluding hydrogens is 194 g/mol. The van der Waals surface area contributed by atoms with E-state index in [1.807, 2.05) is 0 Å². The van der Waals surface area contributed by atoms with Crippen LogP contribution >= 0.6 is 7.29 Å². The Kier molecular flexibility index (Phi) is 3.75. The molecule has 0 spiro atoms. The molecule has 0 aromatic carbocycles. The van der Waals surface area contributed by atoms with E-state index in [0.717, 1.165) is 7.05 Å². The van der Waals surface area contributed by atoms with E-state index in [2.05, 4.69) is 0 Å². The smallest absolute Gasteiger partial charge is 0.308 e. The van der Waals surface area contributed by atoms with Crippen molar-refractivity contribution in [2.24, 2.45) is 0 Å². The summed E-state index contributed by atoms with van der Waals surface area (Å²) in [6, 6.07) is 0. The third-order valence-electron chi connectivity index (χ3n) is 1.45. The molecule has 0 saturated heterocycles. The van der Waals surface area contributed by atoms with Crippen molar-refractivity contribution in [1.29, 1.82) is 0 Å². The fourth-order valence-electron chi connectivity index (χ4n) is 0.699. The second-order valence-corrected chi connectivity index (χ2v) is 5.65. The molecule has 0 radical (unpaired) electrons. The number of hydrogen-bond donors (Lipinski definition) is 1. The molecule has 12 heavy (non-hydrogen) atoms. The zero-order chi connectivity index (χ0) is 9.99. The summed E-state index contributed by atoms with van der Waals surface area (Å²) in [4.78, 5) is 0.181. The van der Waals surface area contributed by atoms with Crippen LogP contribution in [0.5, 0.6) is 0 Å². The van der Waals surface area contributed by atoms with Crippen molar-refractivity contribution in [3.05, 3.63) is 0 Å². The van der Waals surface area contributed by atoms with Gasteiger partial charge in [0.25, 0.3) is 0 Å². The van der Waals surface area contributed by atoms with Gasteiger partial charge in [-0.2, -0.15) is 13.2 Å². The predicted molar refractivity (Wildman–Crippen MR) is 38.6 cm³/mol. The molecule has 0 amide bonds. The maximum absolute atomic E-state index is 11.8. The van der Waals surface area contributed by atoms with Gasteiger partial charge in [0.1, 0.15) is 6.16 Å². The third kappa shape index (κ3) is 3.56. The molecule has 0 aliphatic carbocycles. The molecule has 0 aromatic rings. The standard InChI is InChI=1S/C5H11F3NO2P/c1-3-12(11,9(2)10)4-5(6,7)8/h10H,3-4H2,1-2H3. The monoisotopic (exact) mass is 205 g/mol. The number of rotatable bonds is 3.